The van der Waals surface area contributed by atoms with Crippen LogP contribution in [0.1, 0.15) is 25.7 Å². The zero-order valence-electron chi connectivity index (χ0n) is 8.93. The Morgan fingerprint density at radius 2 is 1.50 bits per heavy atom. The SMILES string of the molecule is CN(C)CC1(N(C)C)CCCC1. The number of likely N-dealkylation sites (N-methyl/N-ethyl adjacent to an activating group) is 2. The molecule has 12 heavy (non-hydrogen) atoms. The maximum Gasteiger partial charge on any atom is 0.0330 e. The van der Waals surface area contributed by atoms with Gasteiger partial charge in [-0.1, -0.05) is 12.8 Å². The summed E-state index contributed by atoms with van der Waals surface area (Å²) in [6.07, 6.45) is 5.56. The molecule has 1 fully saturated rings. The molecule has 0 aromatic carbocycles. The summed E-state index contributed by atoms with van der Waals surface area (Å²) >= 11 is 0. The first-order valence-electron chi connectivity index (χ1n) is 4.89. The van der Waals surface area contributed by atoms with Crippen LogP contribution in [0.5, 0.6) is 0 Å². The van der Waals surface area contributed by atoms with Crippen LogP contribution in [0, 0.1) is 0 Å². The molecule has 0 aliphatic heterocycles. The molecule has 1 saturated carbocycles. The van der Waals surface area contributed by atoms with E-state index >= 15 is 0 Å². The quantitative estimate of drug-likeness (QED) is 0.632. The van der Waals surface area contributed by atoms with Crippen LogP contribution < -0.4 is 0 Å². The standard InChI is InChI=1S/C10H22N2/c1-11(2)9-10(12(3)4)7-5-6-8-10/h5-9H2,1-4H3. The van der Waals surface area contributed by atoms with Crippen molar-refractivity contribution in [2.45, 2.75) is 31.2 Å². The van der Waals surface area contributed by atoms with E-state index in [2.05, 4.69) is 38.0 Å². The molecule has 0 bridgehead atoms. The van der Waals surface area contributed by atoms with Crippen molar-refractivity contribution in [1.82, 2.24) is 9.80 Å². The van der Waals surface area contributed by atoms with E-state index in [1.165, 1.54) is 32.2 Å². The van der Waals surface area contributed by atoms with E-state index in [-0.39, 0.29) is 0 Å². The highest BCUT2D eigenvalue weighted by Crippen LogP contribution is 2.33. The van der Waals surface area contributed by atoms with E-state index in [9.17, 15) is 0 Å². The van der Waals surface area contributed by atoms with Gasteiger partial charge in [0.2, 0.25) is 0 Å². The maximum absolute atomic E-state index is 2.42. The summed E-state index contributed by atoms with van der Waals surface area (Å²) in [5.74, 6) is 0. The molecule has 0 heterocycles. The summed E-state index contributed by atoms with van der Waals surface area (Å²) in [5, 5.41) is 0. The van der Waals surface area contributed by atoms with Crippen molar-refractivity contribution >= 4 is 0 Å². The number of hydrogen-bond acceptors (Lipinski definition) is 2. The first kappa shape index (κ1) is 10.0. The van der Waals surface area contributed by atoms with Gasteiger partial charge >= 0.3 is 0 Å². The molecule has 2 heteroatoms. The van der Waals surface area contributed by atoms with Crippen molar-refractivity contribution in [1.29, 1.82) is 0 Å². The molecule has 0 amide bonds. The topological polar surface area (TPSA) is 6.48 Å². The summed E-state index contributed by atoms with van der Waals surface area (Å²) in [4.78, 5) is 4.73. The van der Waals surface area contributed by atoms with Crippen LogP contribution in [0.4, 0.5) is 0 Å². The molecule has 2 nitrogen and oxygen atoms in total. The van der Waals surface area contributed by atoms with Crippen LogP contribution in [-0.4, -0.2) is 50.1 Å². The third kappa shape index (κ3) is 1.99. The van der Waals surface area contributed by atoms with Crippen LogP contribution in [0.3, 0.4) is 0 Å². The van der Waals surface area contributed by atoms with Crippen molar-refractivity contribution in [3.8, 4) is 0 Å². The summed E-state index contributed by atoms with van der Waals surface area (Å²) in [6, 6.07) is 0. The first-order chi connectivity index (χ1) is 5.57. The molecule has 0 unspecified atom stereocenters. The van der Waals surface area contributed by atoms with Crippen LogP contribution in [0.15, 0.2) is 0 Å². The van der Waals surface area contributed by atoms with Gasteiger partial charge in [-0.25, -0.2) is 0 Å². The van der Waals surface area contributed by atoms with Gasteiger partial charge < -0.3 is 9.80 Å². The summed E-state index contributed by atoms with van der Waals surface area (Å²) in [5.41, 5.74) is 0.476. The molecule has 0 atom stereocenters. The molecule has 0 spiro atoms. The molecule has 1 aliphatic carbocycles. The minimum Gasteiger partial charge on any atom is -0.308 e. The third-order valence-electron chi connectivity index (χ3n) is 3.09. The number of nitrogens with zero attached hydrogens (tertiary/aromatic N) is 2. The fourth-order valence-corrected chi connectivity index (χ4v) is 2.37. The second-order valence-corrected chi connectivity index (χ2v) is 4.56. The zero-order valence-corrected chi connectivity index (χ0v) is 8.93. The fraction of sp³-hybridized carbons (Fsp3) is 1.00. The van der Waals surface area contributed by atoms with Gasteiger partial charge in [-0.3, -0.25) is 0 Å². The maximum atomic E-state index is 2.42. The van der Waals surface area contributed by atoms with Gasteiger partial charge in [0.1, 0.15) is 0 Å². The molecule has 0 aromatic heterocycles. The molecular weight excluding hydrogens is 148 g/mol. The van der Waals surface area contributed by atoms with E-state index in [0.29, 0.717) is 5.54 Å². The summed E-state index contributed by atoms with van der Waals surface area (Å²) in [6.45, 7) is 1.21. The van der Waals surface area contributed by atoms with E-state index in [4.69, 9.17) is 0 Å². The lowest BCUT2D eigenvalue weighted by Crippen LogP contribution is -2.49. The predicted octanol–water partition coefficient (Wildman–Crippen LogP) is 1.42. The second kappa shape index (κ2) is 3.75. The molecular formula is C10H22N2. The Kier molecular flexibility index (Phi) is 3.13. The van der Waals surface area contributed by atoms with Gasteiger partial charge in [-0.05, 0) is 41.0 Å². The minimum atomic E-state index is 0.476. The van der Waals surface area contributed by atoms with Crippen molar-refractivity contribution in [2.75, 3.05) is 34.7 Å². The Hall–Kier alpha value is -0.0800. The van der Waals surface area contributed by atoms with E-state index in [1.807, 2.05) is 0 Å². The lowest BCUT2D eigenvalue weighted by molar-refractivity contribution is 0.117. The van der Waals surface area contributed by atoms with E-state index < -0.39 is 0 Å². The number of rotatable bonds is 3. The fourth-order valence-electron chi connectivity index (χ4n) is 2.37. The first-order valence-corrected chi connectivity index (χ1v) is 4.89. The molecule has 0 radical (unpaired) electrons. The Morgan fingerprint density at radius 1 is 1.00 bits per heavy atom. The van der Waals surface area contributed by atoms with Gasteiger partial charge in [0.05, 0.1) is 0 Å². The average Bonchev–Trinajstić information content (AvgIpc) is 2.35. The van der Waals surface area contributed by atoms with Gasteiger partial charge in [0, 0.05) is 12.1 Å². The molecule has 0 N–H and O–H groups in total. The van der Waals surface area contributed by atoms with Gasteiger partial charge in [-0.15, -0.1) is 0 Å². The third-order valence-corrected chi connectivity index (χ3v) is 3.09. The van der Waals surface area contributed by atoms with Gasteiger partial charge in [0.25, 0.3) is 0 Å². The molecule has 1 aliphatic rings. The normalized spacial score (nSPS) is 22.5. The molecule has 72 valence electrons. The Labute approximate surface area is 76.5 Å². The average molecular weight is 170 g/mol. The van der Waals surface area contributed by atoms with Crippen LogP contribution >= 0.6 is 0 Å². The largest absolute Gasteiger partial charge is 0.308 e. The highest BCUT2D eigenvalue weighted by molar-refractivity contribution is 4.94. The highest BCUT2D eigenvalue weighted by atomic mass is 15.2. The van der Waals surface area contributed by atoms with Gasteiger partial charge in [0.15, 0.2) is 0 Å². The zero-order chi connectivity index (χ0) is 9.19. The Morgan fingerprint density at radius 3 is 1.83 bits per heavy atom. The predicted molar refractivity (Wildman–Crippen MR) is 53.4 cm³/mol. The molecule has 1 rings (SSSR count). The van der Waals surface area contributed by atoms with Gasteiger partial charge in [-0.2, -0.15) is 0 Å². The van der Waals surface area contributed by atoms with Crippen molar-refractivity contribution in [2.24, 2.45) is 0 Å². The minimum absolute atomic E-state index is 0.476. The Bertz CT molecular complexity index is 135. The van der Waals surface area contributed by atoms with E-state index in [0.717, 1.165) is 0 Å². The van der Waals surface area contributed by atoms with E-state index in [1.54, 1.807) is 0 Å². The van der Waals surface area contributed by atoms with Crippen molar-refractivity contribution in [3.63, 3.8) is 0 Å². The summed E-state index contributed by atoms with van der Waals surface area (Å²) < 4.78 is 0. The van der Waals surface area contributed by atoms with Crippen molar-refractivity contribution in [3.05, 3.63) is 0 Å². The highest BCUT2D eigenvalue weighted by Gasteiger charge is 2.35. The summed E-state index contributed by atoms with van der Waals surface area (Å²) in [7, 11) is 8.77. The lowest BCUT2D eigenvalue weighted by atomic mass is 9.95. The van der Waals surface area contributed by atoms with Crippen LogP contribution in [0.25, 0.3) is 0 Å². The van der Waals surface area contributed by atoms with Crippen LogP contribution in [-0.2, 0) is 0 Å². The van der Waals surface area contributed by atoms with Crippen LogP contribution in [0.2, 0.25) is 0 Å². The molecule has 0 saturated heterocycles. The lowest BCUT2D eigenvalue weighted by Gasteiger charge is -2.38. The monoisotopic (exact) mass is 170 g/mol. The number of hydrogen-bond donors (Lipinski definition) is 0. The van der Waals surface area contributed by atoms with Crippen molar-refractivity contribution < 1.29 is 0 Å². The Balaban J connectivity index is 2.59. The molecule has 0 aromatic rings. The smallest absolute Gasteiger partial charge is 0.0330 e. The second-order valence-electron chi connectivity index (χ2n) is 4.56.